The van der Waals surface area contributed by atoms with E-state index in [1.54, 1.807) is 6.07 Å². The van der Waals surface area contributed by atoms with Crippen molar-refractivity contribution in [1.82, 2.24) is 0 Å². The smallest absolute Gasteiger partial charge is 0.303 e. The fourth-order valence-electron chi connectivity index (χ4n) is 2.89. The van der Waals surface area contributed by atoms with Crippen LogP contribution in [0.1, 0.15) is 45.1 Å². The monoisotopic (exact) mass is 340 g/mol. The third kappa shape index (κ3) is 4.17. The van der Waals surface area contributed by atoms with Crippen molar-refractivity contribution in [3.05, 3.63) is 23.8 Å². The molecule has 0 unspecified atom stereocenters. The van der Waals surface area contributed by atoms with Gasteiger partial charge in [-0.2, -0.15) is 8.42 Å². The maximum absolute atomic E-state index is 11.3. The second kappa shape index (κ2) is 6.41. The zero-order chi connectivity index (χ0) is 17.3. The summed E-state index contributed by atoms with van der Waals surface area (Å²) in [5.41, 5.74) is 1.47. The standard InChI is InChI=1S/C16H21NO5S/c1-16(2)11-17(9-5-3-4-6-15(18)19)14-8-7-12(10-13(14)16)23(20,21)22/h7-8,10-11H,3-6,9H2,1-2H3,(H-,18,19,20,21,22)/p+1. The molecule has 0 radical (unpaired) electrons. The van der Waals surface area contributed by atoms with Gasteiger partial charge >= 0.3 is 5.97 Å². The van der Waals surface area contributed by atoms with E-state index in [4.69, 9.17) is 5.11 Å². The molecule has 6 nitrogen and oxygen atoms in total. The van der Waals surface area contributed by atoms with Crippen LogP contribution in [0.3, 0.4) is 0 Å². The van der Waals surface area contributed by atoms with Crippen molar-refractivity contribution in [2.75, 3.05) is 6.54 Å². The lowest BCUT2D eigenvalue weighted by molar-refractivity contribution is -0.434. The minimum absolute atomic E-state index is 0.0963. The van der Waals surface area contributed by atoms with Crippen LogP contribution in [0.5, 0.6) is 0 Å². The summed E-state index contributed by atoms with van der Waals surface area (Å²) in [5, 5.41) is 8.63. The minimum atomic E-state index is -4.21. The molecular weight excluding hydrogens is 318 g/mol. The normalized spacial score (nSPS) is 16.0. The summed E-state index contributed by atoms with van der Waals surface area (Å²) >= 11 is 0. The molecule has 0 atom stereocenters. The highest BCUT2D eigenvalue weighted by Gasteiger charge is 2.37. The maximum Gasteiger partial charge on any atom is 0.303 e. The molecule has 0 saturated heterocycles. The van der Waals surface area contributed by atoms with Crippen LogP contribution in [0.4, 0.5) is 5.69 Å². The molecule has 1 aromatic rings. The number of hydrogen-bond acceptors (Lipinski definition) is 3. The summed E-state index contributed by atoms with van der Waals surface area (Å²) in [4.78, 5) is 10.4. The van der Waals surface area contributed by atoms with Crippen LogP contribution in [-0.2, 0) is 20.3 Å². The van der Waals surface area contributed by atoms with Gasteiger partial charge in [-0.1, -0.05) is 0 Å². The predicted molar refractivity (Wildman–Crippen MR) is 86.2 cm³/mol. The number of fused-ring (bicyclic) bond motifs is 1. The molecule has 1 aliphatic rings. The number of nitrogens with zero attached hydrogens (tertiary/aromatic N) is 1. The van der Waals surface area contributed by atoms with Gasteiger partial charge in [-0.3, -0.25) is 9.35 Å². The number of hydrogen-bond donors (Lipinski definition) is 2. The number of carbonyl (C=O) groups is 1. The highest BCUT2D eigenvalue weighted by Crippen LogP contribution is 2.37. The molecule has 0 aliphatic carbocycles. The van der Waals surface area contributed by atoms with Crippen molar-refractivity contribution in [2.24, 2.45) is 0 Å². The van der Waals surface area contributed by atoms with E-state index in [1.807, 2.05) is 20.1 Å². The van der Waals surface area contributed by atoms with Gasteiger partial charge in [0.15, 0.2) is 6.21 Å². The van der Waals surface area contributed by atoms with E-state index in [0.29, 0.717) is 6.42 Å². The zero-order valence-electron chi connectivity index (χ0n) is 13.3. The van der Waals surface area contributed by atoms with Crippen LogP contribution in [0.2, 0.25) is 0 Å². The minimum Gasteiger partial charge on any atom is -0.481 e. The summed E-state index contributed by atoms with van der Waals surface area (Å²) in [5.74, 6) is -0.776. The molecule has 0 spiro atoms. The first kappa shape index (κ1) is 17.6. The average Bonchev–Trinajstić information content (AvgIpc) is 2.68. The van der Waals surface area contributed by atoms with E-state index in [1.165, 1.54) is 12.1 Å². The Morgan fingerprint density at radius 3 is 2.52 bits per heavy atom. The van der Waals surface area contributed by atoms with Crippen molar-refractivity contribution in [3.8, 4) is 0 Å². The summed E-state index contributed by atoms with van der Waals surface area (Å²) in [6.07, 6.45) is 4.57. The quantitative estimate of drug-likeness (QED) is 0.452. The lowest BCUT2D eigenvalue weighted by Gasteiger charge is -2.11. The maximum atomic E-state index is 11.3. The second-order valence-corrected chi connectivity index (χ2v) is 7.82. The predicted octanol–water partition coefficient (Wildman–Crippen LogP) is 2.58. The molecule has 1 aliphatic heterocycles. The second-order valence-electron chi connectivity index (χ2n) is 6.40. The fraction of sp³-hybridized carbons (Fsp3) is 0.500. The Hall–Kier alpha value is -1.73. The SMILES string of the molecule is CC1(C)C=[N+](CCCCCC(=O)O)c2ccc(S(=O)(=O)O)cc21. The van der Waals surface area contributed by atoms with Gasteiger partial charge in [0, 0.05) is 24.5 Å². The molecule has 1 aromatic carbocycles. The first-order valence-corrected chi connectivity index (χ1v) is 9.02. The lowest BCUT2D eigenvalue weighted by atomic mass is 9.87. The molecule has 1 heterocycles. The summed E-state index contributed by atoms with van der Waals surface area (Å²) in [6.45, 7) is 4.73. The number of benzene rings is 1. The molecule has 0 fully saturated rings. The van der Waals surface area contributed by atoms with Gasteiger partial charge in [0.25, 0.3) is 10.1 Å². The van der Waals surface area contributed by atoms with Gasteiger partial charge in [-0.15, -0.1) is 0 Å². The molecular formula is C16H22NO5S+. The van der Waals surface area contributed by atoms with E-state index in [-0.39, 0.29) is 16.7 Å². The van der Waals surface area contributed by atoms with Gasteiger partial charge in [0.2, 0.25) is 5.69 Å². The average molecular weight is 340 g/mol. The van der Waals surface area contributed by atoms with Crippen molar-refractivity contribution < 1.29 is 27.4 Å². The largest absolute Gasteiger partial charge is 0.481 e. The van der Waals surface area contributed by atoms with E-state index in [0.717, 1.165) is 30.6 Å². The number of rotatable bonds is 7. The topological polar surface area (TPSA) is 94.7 Å². The molecule has 7 heteroatoms. The van der Waals surface area contributed by atoms with Crippen molar-refractivity contribution in [3.63, 3.8) is 0 Å². The van der Waals surface area contributed by atoms with Crippen LogP contribution in [0.25, 0.3) is 0 Å². The molecule has 2 N–H and O–H groups in total. The Labute approximate surface area is 136 Å². The van der Waals surface area contributed by atoms with Crippen molar-refractivity contribution in [2.45, 2.75) is 49.8 Å². The molecule has 23 heavy (non-hydrogen) atoms. The Bertz CT molecular complexity index is 750. The molecule has 0 amide bonds. The lowest BCUT2D eigenvalue weighted by Crippen LogP contribution is -2.17. The van der Waals surface area contributed by atoms with Crippen LogP contribution < -0.4 is 0 Å². The first-order valence-electron chi connectivity index (χ1n) is 7.58. The molecule has 126 valence electrons. The first-order chi connectivity index (χ1) is 10.6. The van der Waals surface area contributed by atoms with Crippen LogP contribution in [0, 0.1) is 0 Å². The fourth-order valence-corrected chi connectivity index (χ4v) is 3.40. The van der Waals surface area contributed by atoms with Crippen molar-refractivity contribution in [1.29, 1.82) is 0 Å². The highest BCUT2D eigenvalue weighted by atomic mass is 32.2. The van der Waals surface area contributed by atoms with E-state index < -0.39 is 16.1 Å². The molecule has 0 aromatic heterocycles. The van der Waals surface area contributed by atoms with Crippen LogP contribution >= 0.6 is 0 Å². The van der Waals surface area contributed by atoms with Gasteiger partial charge in [-0.05, 0) is 38.8 Å². The summed E-state index contributed by atoms with van der Waals surface area (Å²) < 4.78 is 33.9. The van der Waals surface area contributed by atoms with Gasteiger partial charge < -0.3 is 5.11 Å². The number of unbranched alkanes of at least 4 members (excludes halogenated alkanes) is 2. The number of aliphatic carboxylic acids is 1. The Balaban J connectivity index is 2.13. The van der Waals surface area contributed by atoms with Crippen LogP contribution in [-0.4, -0.2) is 41.4 Å². The number of carboxylic acids is 1. The summed E-state index contributed by atoms with van der Waals surface area (Å²) in [6, 6.07) is 4.63. The van der Waals surface area contributed by atoms with E-state index >= 15 is 0 Å². The molecule has 2 rings (SSSR count). The van der Waals surface area contributed by atoms with Gasteiger partial charge in [0.1, 0.15) is 6.54 Å². The number of carboxylic acid groups (broad SMARTS) is 1. The zero-order valence-corrected chi connectivity index (χ0v) is 14.1. The highest BCUT2D eigenvalue weighted by molar-refractivity contribution is 7.85. The molecule has 0 saturated carbocycles. The Morgan fingerprint density at radius 2 is 1.91 bits per heavy atom. The van der Waals surface area contributed by atoms with E-state index in [9.17, 15) is 17.8 Å². The van der Waals surface area contributed by atoms with Gasteiger partial charge in [0.05, 0.1) is 10.3 Å². The summed E-state index contributed by atoms with van der Waals surface area (Å²) in [7, 11) is -4.21. The Kier molecular flexibility index (Phi) is 4.91. The van der Waals surface area contributed by atoms with E-state index in [2.05, 4.69) is 4.58 Å². The Morgan fingerprint density at radius 1 is 1.22 bits per heavy atom. The van der Waals surface area contributed by atoms with Gasteiger partial charge in [-0.25, -0.2) is 4.58 Å². The van der Waals surface area contributed by atoms with Crippen LogP contribution in [0.15, 0.2) is 23.1 Å². The molecule has 0 bridgehead atoms. The third-order valence-corrected chi connectivity index (χ3v) is 4.89. The van der Waals surface area contributed by atoms with Crippen molar-refractivity contribution >= 4 is 28.0 Å². The third-order valence-electron chi connectivity index (χ3n) is 4.04.